The van der Waals surface area contributed by atoms with Gasteiger partial charge in [-0.15, -0.1) is 45.3 Å². The summed E-state index contributed by atoms with van der Waals surface area (Å²) >= 11 is 6.18. The number of nitrogens with zero attached hydrogens (tertiary/aromatic N) is 12. The molecule has 12 aromatic rings. The van der Waals surface area contributed by atoms with Gasteiger partial charge in [-0.25, -0.2) is 39.9 Å². The van der Waals surface area contributed by atoms with Crippen molar-refractivity contribution in [3.05, 3.63) is 239 Å². The smallest absolute Gasteiger partial charge is 0.228 e. The lowest BCUT2D eigenvalue weighted by Gasteiger charge is -2.32. The number of hydrogen-bond acceptors (Lipinski definition) is 26. The van der Waals surface area contributed by atoms with Gasteiger partial charge in [0.05, 0.1) is 117 Å². The van der Waals surface area contributed by atoms with E-state index in [0.29, 0.717) is 38.9 Å². The molecule has 127 heavy (non-hydrogen) atoms. The number of hydrogen-bond donors (Lipinski definition) is 6. The van der Waals surface area contributed by atoms with Crippen LogP contribution in [-0.4, -0.2) is 215 Å². The minimum absolute atomic E-state index is 0.0439. The fourth-order valence-corrected chi connectivity index (χ4v) is 18.6. The van der Waals surface area contributed by atoms with E-state index in [1.807, 2.05) is 167 Å². The van der Waals surface area contributed by atoms with E-state index in [2.05, 4.69) is 105 Å². The van der Waals surface area contributed by atoms with E-state index >= 15 is 0 Å². The molecule has 0 bridgehead atoms. The SMILES string of the molecule is CCN1CCC(CCCOc2cccc(CC(=O)Nc3csc(-c4ccncn4)c3)c2)CC1.CN1CCN(CCCOc2cccc(CC(=O)Nc3csc(-c4ccncn4)c3)c2)CC1.O=C(Cc1cccc(OCCCC2CCNCC2)c1)Nc1csc(-c2ccncn2)c1.O=C(Cc1cccc(OCCCN2CCNCC2)c1)Nc1csc(-c2ccncn2)c1. The second kappa shape index (κ2) is 51.6. The van der Waals surface area contributed by atoms with E-state index in [1.165, 1.54) is 83.5 Å². The number of likely N-dealkylation sites (N-methyl/N-ethyl adjacent to an activating group) is 1. The third kappa shape index (κ3) is 32.9. The van der Waals surface area contributed by atoms with Gasteiger partial charge < -0.3 is 70.4 Å². The van der Waals surface area contributed by atoms with Gasteiger partial charge in [-0.3, -0.25) is 19.2 Å². The Bertz CT molecular complexity index is 5100. The largest absolute Gasteiger partial charge is 0.494 e. The Morgan fingerprint density at radius 2 is 0.685 bits per heavy atom. The van der Waals surface area contributed by atoms with Crippen LogP contribution in [0.5, 0.6) is 23.0 Å². The maximum atomic E-state index is 12.5. The van der Waals surface area contributed by atoms with Crippen LogP contribution in [0.1, 0.15) is 93.4 Å². The minimum Gasteiger partial charge on any atom is -0.494 e. The fourth-order valence-electron chi connectivity index (χ4n) is 15.3. The molecule has 666 valence electrons. The number of carbonyl (C=O) groups is 4. The molecular formula is C97H116N18O8S4. The number of aromatic nitrogens is 8. The molecule has 4 aliphatic heterocycles. The molecule has 16 rings (SSSR count). The molecule has 4 aliphatic rings. The maximum absolute atomic E-state index is 12.5. The van der Waals surface area contributed by atoms with E-state index in [4.69, 9.17) is 18.9 Å². The highest BCUT2D eigenvalue weighted by Gasteiger charge is 2.21. The highest BCUT2D eigenvalue weighted by molar-refractivity contribution is 7.15. The molecule has 0 aliphatic carbocycles. The molecule has 12 heterocycles. The molecule has 0 spiro atoms. The standard InChI is InChI=1S/C26H32N4O2S.C24H29N5O2S.C24H28N4O2S.C23H27N5O2S/c1-2-30-12-9-20(10-13-30)6-4-14-32-23-7-3-5-21(15-23)16-26(31)29-22-17-25(33-18-22)24-8-11-27-19-28-24;1-28-9-11-29(12-10-28)8-3-13-31-21-5-2-4-19(14-21)15-24(30)27-20-16-23(32-17-20)22-6-7-25-18-26-22;29-24(28-20-15-23(31-16-20)22-8-11-26-17-27-22)14-19-3-1-5-21(13-19)30-12-2-4-18-6-9-25-10-7-18;29-23(27-19-15-22(31-16-19)21-5-6-25-17-26-21)14-18-3-1-4-20(13-18)30-12-2-9-28-10-7-24-8-11-28/h3,5,7-8,11,15,17-20H,2,4,6,9-10,12-14,16H2,1H3,(H,29,31);2,4-7,14,16-18H,3,8-13,15H2,1H3,(H,27,30);1,3,5,8,11,13,15-18,25H,2,4,6-7,9-10,12,14H2,(H,28,29);1,3-6,13,15-17,24H,2,7-12,14H2,(H,27,29). The van der Waals surface area contributed by atoms with Crippen molar-refractivity contribution in [1.29, 1.82) is 0 Å². The van der Waals surface area contributed by atoms with E-state index < -0.39 is 0 Å². The number of thiophene rings is 4. The summed E-state index contributed by atoms with van der Waals surface area (Å²) in [5.74, 6) is 4.76. The number of ether oxygens (including phenoxy) is 4. The maximum Gasteiger partial charge on any atom is 0.228 e. The first-order chi connectivity index (χ1) is 62.4. The average molecular weight is 1790 g/mol. The van der Waals surface area contributed by atoms with Gasteiger partial charge >= 0.3 is 0 Å². The molecule has 4 amide bonds. The van der Waals surface area contributed by atoms with Crippen molar-refractivity contribution in [2.45, 2.75) is 96.8 Å². The first-order valence-electron chi connectivity index (χ1n) is 44.1. The minimum atomic E-state index is -0.0529. The monoisotopic (exact) mass is 1790 g/mol. The Morgan fingerprint density at radius 3 is 1.01 bits per heavy atom. The van der Waals surface area contributed by atoms with Crippen molar-refractivity contribution in [2.24, 2.45) is 11.8 Å². The van der Waals surface area contributed by atoms with Crippen LogP contribution in [0.25, 0.3) is 42.3 Å². The van der Waals surface area contributed by atoms with Crippen LogP contribution in [0.2, 0.25) is 0 Å². The van der Waals surface area contributed by atoms with Gasteiger partial charge in [-0.1, -0.05) is 55.5 Å². The van der Waals surface area contributed by atoms with E-state index in [9.17, 15) is 19.2 Å². The topological polar surface area (TPSA) is 293 Å². The lowest BCUT2D eigenvalue weighted by atomic mass is 9.92. The number of anilines is 4. The van der Waals surface area contributed by atoms with Crippen LogP contribution in [-0.2, 0) is 44.9 Å². The summed E-state index contributed by atoms with van der Waals surface area (Å²) in [4.78, 5) is 96.6. The van der Waals surface area contributed by atoms with E-state index in [-0.39, 0.29) is 23.6 Å². The first kappa shape index (κ1) is 93.5. The summed E-state index contributed by atoms with van der Waals surface area (Å²) in [7, 11) is 2.17. The van der Waals surface area contributed by atoms with Crippen LogP contribution in [0.3, 0.4) is 0 Å². The summed E-state index contributed by atoms with van der Waals surface area (Å²) < 4.78 is 23.7. The summed E-state index contributed by atoms with van der Waals surface area (Å²) in [6, 6.07) is 46.4. The van der Waals surface area contributed by atoms with Gasteiger partial charge in [0.1, 0.15) is 48.3 Å². The number of likely N-dealkylation sites (tertiary alicyclic amines) is 1. The molecule has 4 aromatic carbocycles. The number of rotatable bonds is 37. The number of piperazine rings is 2. The summed E-state index contributed by atoms with van der Waals surface area (Å²) in [5, 5.41) is 26.4. The van der Waals surface area contributed by atoms with Crippen LogP contribution in [0.15, 0.2) is 217 Å². The highest BCUT2D eigenvalue weighted by atomic mass is 32.1. The van der Waals surface area contributed by atoms with Crippen molar-refractivity contribution in [2.75, 3.05) is 153 Å². The van der Waals surface area contributed by atoms with Gasteiger partial charge in [0, 0.05) is 112 Å². The lowest BCUT2D eigenvalue weighted by molar-refractivity contribution is -0.116. The van der Waals surface area contributed by atoms with Crippen molar-refractivity contribution in [1.82, 2.24) is 70.1 Å². The van der Waals surface area contributed by atoms with Crippen molar-refractivity contribution >= 4 is 91.7 Å². The van der Waals surface area contributed by atoms with Gasteiger partial charge in [0.25, 0.3) is 0 Å². The average Bonchev–Trinajstić information content (AvgIpc) is 1.74. The molecule has 4 saturated heterocycles. The quantitative estimate of drug-likeness (QED) is 0.0197. The zero-order valence-corrected chi connectivity index (χ0v) is 75.8. The Kier molecular flexibility index (Phi) is 38.0. The van der Waals surface area contributed by atoms with Crippen LogP contribution in [0.4, 0.5) is 22.7 Å². The normalized spacial score (nSPS) is 14.6. The molecule has 6 N–H and O–H groups in total. The van der Waals surface area contributed by atoms with E-state index in [1.54, 1.807) is 70.1 Å². The Hall–Kier alpha value is -11.2. The zero-order valence-electron chi connectivity index (χ0n) is 72.5. The summed E-state index contributed by atoms with van der Waals surface area (Å²) in [6.07, 6.45) is 25.9. The second-order valence-electron chi connectivity index (χ2n) is 31.9. The fraction of sp³-hybridized carbons (Fsp3) is 0.381. The summed E-state index contributed by atoms with van der Waals surface area (Å²) in [6.45, 7) is 22.0. The van der Waals surface area contributed by atoms with Gasteiger partial charge in [-0.05, 0) is 235 Å². The Morgan fingerprint density at radius 1 is 0.370 bits per heavy atom. The highest BCUT2D eigenvalue weighted by Crippen LogP contribution is 2.34. The number of amides is 4. The van der Waals surface area contributed by atoms with Gasteiger partial charge in [-0.2, -0.15) is 0 Å². The van der Waals surface area contributed by atoms with Crippen LogP contribution >= 0.6 is 45.3 Å². The first-order valence-corrected chi connectivity index (χ1v) is 47.6. The van der Waals surface area contributed by atoms with Gasteiger partial charge in [0.2, 0.25) is 23.6 Å². The molecule has 4 fully saturated rings. The zero-order chi connectivity index (χ0) is 87.7. The number of piperidine rings is 2. The molecule has 30 heteroatoms. The molecule has 26 nitrogen and oxygen atoms in total. The molecular weight excluding hydrogens is 1670 g/mol. The molecule has 0 atom stereocenters. The van der Waals surface area contributed by atoms with Crippen LogP contribution in [0, 0.1) is 11.8 Å². The van der Waals surface area contributed by atoms with Crippen molar-refractivity contribution in [3.8, 4) is 65.3 Å². The van der Waals surface area contributed by atoms with Crippen LogP contribution < -0.4 is 50.8 Å². The second-order valence-corrected chi connectivity index (χ2v) is 35.5. The number of nitrogens with one attached hydrogen (secondary N) is 6. The molecule has 0 unspecified atom stereocenters. The molecule has 8 aromatic heterocycles. The third-order valence-electron chi connectivity index (χ3n) is 22.2. The number of carbonyl (C=O) groups excluding carboxylic acids is 4. The van der Waals surface area contributed by atoms with E-state index in [0.717, 1.165) is 240 Å². The molecule has 0 radical (unpaired) electrons. The third-order valence-corrected chi connectivity index (χ3v) is 26.0. The Labute approximate surface area is 761 Å². The van der Waals surface area contributed by atoms with Crippen molar-refractivity contribution in [3.63, 3.8) is 0 Å². The number of benzene rings is 4. The van der Waals surface area contributed by atoms with Gasteiger partial charge in [0.15, 0.2) is 0 Å². The summed E-state index contributed by atoms with van der Waals surface area (Å²) in [5.41, 5.74) is 10.3. The predicted octanol–water partition coefficient (Wildman–Crippen LogP) is 16.3. The Balaban J connectivity index is 0.000000145. The predicted molar refractivity (Wildman–Crippen MR) is 510 cm³/mol. The van der Waals surface area contributed by atoms with Crippen molar-refractivity contribution < 1.29 is 38.1 Å². The lowest BCUT2D eigenvalue weighted by Crippen LogP contribution is -2.44. The molecule has 0 saturated carbocycles.